The molecule has 0 saturated carbocycles. The summed E-state index contributed by atoms with van der Waals surface area (Å²) < 4.78 is 0. The van der Waals surface area contributed by atoms with Crippen molar-refractivity contribution in [2.24, 2.45) is 5.73 Å². The SMILES string of the molecule is CSC(C)CCCN. The Morgan fingerprint density at radius 1 is 1.62 bits per heavy atom. The van der Waals surface area contributed by atoms with Crippen molar-refractivity contribution in [3.63, 3.8) is 0 Å². The monoisotopic (exact) mass is 133 g/mol. The first kappa shape index (κ1) is 8.31. The third-order valence-corrected chi connectivity index (χ3v) is 2.26. The van der Waals surface area contributed by atoms with Crippen molar-refractivity contribution in [3.8, 4) is 0 Å². The Morgan fingerprint density at radius 2 is 2.25 bits per heavy atom. The second kappa shape index (κ2) is 5.45. The number of hydrogen-bond acceptors (Lipinski definition) is 2. The van der Waals surface area contributed by atoms with Crippen LogP contribution in [0.1, 0.15) is 19.8 Å². The Bertz CT molecular complexity index is 47.8. The topological polar surface area (TPSA) is 26.0 Å². The van der Waals surface area contributed by atoms with Gasteiger partial charge in [-0.1, -0.05) is 6.92 Å². The van der Waals surface area contributed by atoms with Gasteiger partial charge in [0, 0.05) is 5.25 Å². The molecule has 0 aromatic heterocycles. The molecule has 1 nitrogen and oxygen atoms in total. The van der Waals surface area contributed by atoms with Crippen molar-refractivity contribution in [2.45, 2.75) is 25.0 Å². The van der Waals surface area contributed by atoms with E-state index < -0.39 is 0 Å². The molecule has 8 heavy (non-hydrogen) atoms. The number of hydrogen-bond donors (Lipinski definition) is 1. The van der Waals surface area contributed by atoms with Crippen LogP contribution in [0, 0.1) is 0 Å². The fourth-order valence-electron chi connectivity index (χ4n) is 0.523. The van der Waals surface area contributed by atoms with Crippen LogP contribution in [0.3, 0.4) is 0 Å². The van der Waals surface area contributed by atoms with Gasteiger partial charge in [0.25, 0.3) is 0 Å². The summed E-state index contributed by atoms with van der Waals surface area (Å²) in [5.74, 6) is 0. The van der Waals surface area contributed by atoms with Crippen LogP contribution in [-0.4, -0.2) is 18.1 Å². The summed E-state index contributed by atoms with van der Waals surface area (Å²) in [4.78, 5) is 0. The van der Waals surface area contributed by atoms with Crippen LogP contribution in [0.4, 0.5) is 0 Å². The maximum Gasteiger partial charge on any atom is 0.00164 e. The normalized spacial score (nSPS) is 13.9. The molecule has 0 aliphatic heterocycles. The Kier molecular flexibility index (Phi) is 5.66. The van der Waals surface area contributed by atoms with Gasteiger partial charge in [-0.05, 0) is 25.6 Å². The van der Waals surface area contributed by atoms with Gasteiger partial charge < -0.3 is 5.73 Å². The zero-order chi connectivity index (χ0) is 6.41. The summed E-state index contributed by atoms with van der Waals surface area (Å²) in [6.45, 7) is 3.07. The molecule has 50 valence electrons. The van der Waals surface area contributed by atoms with Crippen LogP contribution >= 0.6 is 11.8 Å². The highest BCUT2D eigenvalue weighted by atomic mass is 32.2. The predicted molar refractivity (Wildman–Crippen MR) is 41.3 cm³/mol. The van der Waals surface area contributed by atoms with Gasteiger partial charge in [-0.3, -0.25) is 0 Å². The fraction of sp³-hybridized carbons (Fsp3) is 1.00. The summed E-state index contributed by atoms with van der Waals surface area (Å²) in [6.07, 6.45) is 4.57. The molecule has 0 aliphatic rings. The lowest BCUT2D eigenvalue weighted by atomic mass is 10.2. The van der Waals surface area contributed by atoms with E-state index in [1.807, 2.05) is 11.8 Å². The minimum absolute atomic E-state index is 0.790. The van der Waals surface area contributed by atoms with E-state index in [-0.39, 0.29) is 0 Å². The van der Waals surface area contributed by atoms with Gasteiger partial charge in [0.1, 0.15) is 0 Å². The summed E-state index contributed by atoms with van der Waals surface area (Å²) in [5.41, 5.74) is 5.32. The summed E-state index contributed by atoms with van der Waals surface area (Å²) in [5, 5.41) is 0.790. The van der Waals surface area contributed by atoms with Crippen molar-refractivity contribution in [3.05, 3.63) is 0 Å². The fourth-order valence-corrected chi connectivity index (χ4v) is 0.926. The number of nitrogens with two attached hydrogens (primary N) is 1. The molecule has 0 amide bonds. The van der Waals surface area contributed by atoms with Crippen LogP contribution in [0.5, 0.6) is 0 Å². The molecule has 0 radical (unpaired) electrons. The van der Waals surface area contributed by atoms with E-state index in [2.05, 4.69) is 13.2 Å². The standard InChI is InChI=1S/C6H15NS/c1-6(8-2)4-3-5-7/h6H,3-5,7H2,1-2H3. The van der Waals surface area contributed by atoms with E-state index >= 15 is 0 Å². The van der Waals surface area contributed by atoms with E-state index in [1.165, 1.54) is 12.8 Å². The van der Waals surface area contributed by atoms with E-state index in [0.29, 0.717) is 0 Å². The zero-order valence-corrected chi connectivity index (χ0v) is 6.50. The maximum absolute atomic E-state index is 5.32. The smallest absolute Gasteiger partial charge is 0.00164 e. The quantitative estimate of drug-likeness (QED) is 0.628. The second-order valence-corrected chi connectivity index (χ2v) is 3.25. The number of thioether (sulfide) groups is 1. The molecule has 0 rings (SSSR count). The van der Waals surface area contributed by atoms with Crippen molar-refractivity contribution < 1.29 is 0 Å². The first-order chi connectivity index (χ1) is 3.81. The largest absolute Gasteiger partial charge is 0.330 e. The van der Waals surface area contributed by atoms with Gasteiger partial charge in [0.2, 0.25) is 0 Å². The molecule has 1 atom stereocenters. The minimum Gasteiger partial charge on any atom is -0.330 e. The lowest BCUT2D eigenvalue weighted by molar-refractivity contribution is 0.740. The van der Waals surface area contributed by atoms with Crippen LogP contribution in [-0.2, 0) is 0 Å². The first-order valence-corrected chi connectivity index (χ1v) is 4.33. The molecule has 0 fully saturated rings. The molecule has 0 heterocycles. The number of rotatable bonds is 4. The van der Waals surface area contributed by atoms with Crippen molar-refractivity contribution in [2.75, 3.05) is 12.8 Å². The lowest BCUT2D eigenvalue weighted by Gasteiger charge is -2.04. The van der Waals surface area contributed by atoms with E-state index in [1.54, 1.807) is 0 Å². The molecule has 0 aliphatic carbocycles. The third-order valence-electron chi connectivity index (χ3n) is 1.22. The molecule has 0 aromatic carbocycles. The molecule has 2 heteroatoms. The average Bonchev–Trinajstić information content (AvgIpc) is 1.83. The van der Waals surface area contributed by atoms with Crippen LogP contribution in [0.15, 0.2) is 0 Å². The van der Waals surface area contributed by atoms with Gasteiger partial charge >= 0.3 is 0 Å². The predicted octanol–water partition coefficient (Wildman–Crippen LogP) is 1.48. The molecule has 0 saturated heterocycles. The van der Waals surface area contributed by atoms with E-state index in [4.69, 9.17) is 5.73 Å². The Morgan fingerprint density at radius 3 is 2.62 bits per heavy atom. The summed E-state index contributed by atoms with van der Waals surface area (Å²) >= 11 is 1.91. The Labute approximate surface area is 56.0 Å². The van der Waals surface area contributed by atoms with Crippen LogP contribution in [0.2, 0.25) is 0 Å². The molecule has 2 N–H and O–H groups in total. The Balaban J connectivity index is 2.86. The molecular formula is C6H15NS. The highest BCUT2D eigenvalue weighted by Crippen LogP contribution is 2.10. The van der Waals surface area contributed by atoms with Gasteiger partial charge in [0.05, 0.1) is 0 Å². The van der Waals surface area contributed by atoms with E-state index in [0.717, 1.165) is 11.8 Å². The van der Waals surface area contributed by atoms with E-state index in [9.17, 15) is 0 Å². The third kappa shape index (κ3) is 4.47. The van der Waals surface area contributed by atoms with Crippen LogP contribution < -0.4 is 5.73 Å². The molecule has 0 aromatic rings. The van der Waals surface area contributed by atoms with Crippen molar-refractivity contribution in [1.82, 2.24) is 0 Å². The second-order valence-electron chi connectivity index (χ2n) is 1.98. The zero-order valence-electron chi connectivity index (χ0n) is 5.68. The molecular weight excluding hydrogens is 118 g/mol. The summed E-state index contributed by atoms with van der Waals surface area (Å²) in [6, 6.07) is 0. The molecule has 0 bridgehead atoms. The van der Waals surface area contributed by atoms with Gasteiger partial charge in [-0.2, -0.15) is 11.8 Å². The maximum atomic E-state index is 5.32. The van der Waals surface area contributed by atoms with Crippen molar-refractivity contribution in [1.29, 1.82) is 0 Å². The lowest BCUT2D eigenvalue weighted by Crippen LogP contribution is -2.02. The average molecular weight is 133 g/mol. The summed E-state index contributed by atoms with van der Waals surface area (Å²) in [7, 11) is 0. The van der Waals surface area contributed by atoms with Crippen molar-refractivity contribution >= 4 is 11.8 Å². The van der Waals surface area contributed by atoms with Gasteiger partial charge in [-0.15, -0.1) is 0 Å². The molecule has 0 spiro atoms. The molecule has 1 unspecified atom stereocenters. The highest BCUT2D eigenvalue weighted by molar-refractivity contribution is 7.99. The van der Waals surface area contributed by atoms with Gasteiger partial charge in [0.15, 0.2) is 0 Å². The highest BCUT2D eigenvalue weighted by Gasteiger charge is 1.95. The Hall–Kier alpha value is 0.310. The van der Waals surface area contributed by atoms with Gasteiger partial charge in [-0.25, -0.2) is 0 Å². The van der Waals surface area contributed by atoms with Crippen LogP contribution in [0.25, 0.3) is 0 Å². The first-order valence-electron chi connectivity index (χ1n) is 3.04. The minimum atomic E-state index is 0.790.